The quantitative estimate of drug-likeness (QED) is 0.841. The Kier molecular flexibility index (Phi) is 3.48. The van der Waals surface area contributed by atoms with Crippen LogP contribution < -0.4 is 11.1 Å². The lowest BCUT2D eigenvalue weighted by molar-refractivity contribution is -0.137. The Labute approximate surface area is 92.6 Å². The molecule has 0 aliphatic heterocycles. The summed E-state index contributed by atoms with van der Waals surface area (Å²) in [4.78, 5) is 0. The Balaban J connectivity index is 2.76. The summed E-state index contributed by atoms with van der Waals surface area (Å²) in [5, 5.41) is 2.87. The van der Waals surface area contributed by atoms with Gasteiger partial charge in [-0.3, -0.25) is 0 Å². The maximum absolute atomic E-state index is 12.4. The molecule has 0 fully saturated rings. The van der Waals surface area contributed by atoms with E-state index in [1.807, 2.05) is 0 Å². The number of nitrogens with two attached hydrogens (primary N) is 1. The molecule has 16 heavy (non-hydrogen) atoms. The summed E-state index contributed by atoms with van der Waals surface area (Å²) in [5.74, 6) is 0. The largest absolute Gasteiger partial charge is 0.416 e. The van der Waals surface area contributed by atoms with Crippen LogP contribution in [0.25, 0.3) is 0 Å². The minimum Gasteiger partial charge on any atom is -0.383 e. The van der Waals surface area contributed by atoms with Crippen LogP contribution in [0.2, 0.25) is 0 Å². The maximum Gasteiger partial charge on any atom is 0.416 e. The molecule has 1 aromatic carbocycles. The first-order valence-corrected chi connectivity index (χ1v) is 4.88. The van der Waals surface area contributed by atoms with Gasteiger partial charge in [-0.2, -0.15) is 13.2 Å². The second-order valence-corrected chi connectivity index (χ2v) is 4.42. The van der Waals surface area contributed by atoms with Crippen molar-refractivity contribution in [1.82, 2.24) is 0 Å². The highest BCUT2D eigenvalue weighted by Gasteiger charge is 2.30. The summed E-state index contributed by atoms with van der Waals surface area (Å²) in [7, 11) is 0. The lowest BCUT2D eigenvalue weighted by Gasteiger charge is -2.20. The molecule has 0 saturated heterocycles. The minimum atomic E-state index is -4.31. The molecular formula is C11H15F3N2. The maximum atomic E-state index is 12.4. The topological polar surface area (TPSA) is 38.0 Å². The summed E-state index contributed by atoms with van der Waals surface area (Å²) < 4.78 is 37.2. The van der Waals surface area contributed by atoms with E-state index >= 15 is 0 Å². The minimum absolute atomic E-state index is 0.411. The van der Waals surface area contributed by atoms with Crippen molar-refractivity contribution in [3.05, 3.63) is 29.8 Å². The molecule has 0 radical (unpaired) electrons. The smallest absolute Gasteiger partial charge is 0.383 e. The number of anilines is 1. The molecular weight excluding hydrogens is 217 g/mol. The van der Waals surface area contributed by atoms with Gasteiger partial charge < -0.3 is 11.1 Å². The predicted molar refractivity (Wildman–Crippen MR) is 58.2 cm³/mol. The molecule has 0 atom stereocenters. The van der Waals surface area contributed by atoms with Crippen LogP contribution in [-0.2, 0) is 6.18 Å². The third kappa shape index (κ3) is 4.10. The third-order valence-electron chi connectivity index (χ3n) is 1.94. The van der Waals surface area contributed by atoms with Gasteiger partial charge >= 0.3 is 6.18 Å². The van der Waals surface area contributed by atoms with Crippen LogP contribution >= 0.6 is 0 Å². The Morgan fingerprint density at radius 2 is 1.88 bits per heavy atom. The Hall–Kier alpha value is -1.23. The summed E-state index contributed by atoms with van der Waals surface area (Å²) in [6.45, 7) is 4.01. The second-order valence-electron chi connectivity index (χ2n) is 4.42. The molecule has 5 heteroatoms. The number of halogens is 3. The van der Waals surface area contributed by atoms with Crippen LogP contribution in [0.1, 0.15) is 19.4 Å². The molecule has 0 spiro atoms. The molecule has 0 aromatic heterocycles. The van der Waals surface area contributed by atoms with Crippen molar-refractivity contribution < 1.29 is 13.2 Å². The van der Waals surface area contributed by atoms with E-state index in [-0.39, 0.29) is 0 Å². The molecule has 2 nitrogen and oxygen atoms in total. The fourth-order valence-electron chi connectivity index (χ4n) is 1.14. The van der Waals surface area contributed by atoms with Gasteiger partial charge in [0, 0.05) is 17.8 Å². The van der Waals surface area contributed by atoms with Crippen molar-refractivity contribution in [1.29, 1.82) is 0 Å². The van der Waals surface area contributed by atoms with Gasteiger partial charge in [0.05, 0.1) is 5.56 Å². The standard InChI is InChI=1S/C11H15F3N2/c1-10(2,15)7-16-9-5-3-4-8(6-9)11(12,13)14/h3-6,16H,7,15H2,1-2H3. The Bertz CT molecular complexity index is 353. The first kappa shape index (κ1) is 12.8. The van der Waals surface area contributed by atoms with Crippen LogP contribution in [0.4, 0.5) is 18.9 Å². The first-order valence-electron chi connectivity index (χ1n) is 4.88. The first-order chi connectivity index (χ1) is 7.18. The van der Waals surface area contributed by atoms with E-state index in [1.165, 1.54) is 6.07 Å². The highest BCUT2D eigenvalue weighted by Crippen LogP contribution is 2.30. The van der Waals surface area contributed by atoms with Gasteiger partial charge in [-0.15, -0.1) is 0 Å². The predicted octanol–water partition coefficient (Wildman–Crippen LogP) is 2.85. The molecule has 0 aliphatic rings. The van der Waals surface area contributed by atoms with Crippen molar-refractivity contribution in [2.75, 3.05) is 11.9 Å². The number of hydrogen-bond acceptors (Lipinski definition) is 2. The van der Waals surface area contributed by atoms with Crippen molar-refractivity contribution in [2.24, 2.45) is 5.73 Å². The summed E-state index contributed by atoms with van der Waals surface area (Å²) in [6, 6.07) is 5.07. The van der Waals surface area contributed by atoms with Crippen LogP contribution in [0, 0.1) is 0 Å². The van der Waals surface area contributed by atoms with Gasteiger partial charge in [-0.25, -0.2) is 0 Å². The molecule has 1 rings (SSSR count). The fourth-order valence-corrected chi connectivity index (χ4v) is 1.14. The molecule has 0 saturated carbocycles. The summed E-state index contributed by atoms with van der Waals surface area (Å²) in [6.07, 6.45) is -4.31. The lowest BCUT2D eigenvalue weighted by atomic mass is 10.1. The number of benzene rings is 1. The van der Waals surface area contributed by atoms with Gasteiger partial charge in [0.2, 0.25) is 0 Å². The van der Waals surface area contributed by atoms with Gasteiger partial charge in [0.15, 0.2) is 0 Å². The van der Waals surface area contributed by atoms with Crippen molar-refractivity contribution in [2.45, 2.75) is 25.6 Å². The van der Waals surface area contributed by atoms with Crippen molar-refractivity contribution >= 4 is 5.69 Å². The second kappa shape index (κ2) is 4.33. The average Bonchev–Trinajstić information content (AvgIpc) is 2.13. The van der Waals surface area contributed by atoms with E-state index < -0.39 is 17.3 Å². The highest BCUT2D eigenvalue weighted by atomic mass is 19.4. The molecule has 0 unspecified atom stereocenters. The fraction of sp³-hybridized carbons (Fsp3) is 0.455. The number of rotatable bonds is 3. The van der Waals surface area contributed by atoms with Gasteiger partial charge in [0.1, 0.15) is 0 Å². The molecule has 0 heterocycles. The molecule has 1 aromatic rings. The molecule has 3 N–H and O–H groups in total. The normalized spacial score (nSPS) is 12.6. The zero-order valence-corrected chi connectivity index (χ0v) is 9.23. The van der Waals surface area contributed by atoms with Crippen molar-refractivity contribution in [3.8, 4) is 0 Å². The number of nitrogens with one attached hydrogen (secondary N) is 1. The molecule has 0 bridgehead atoms. The highest BCUT2D eigenvalue weighted by molar-refractivity contribution is 5.46. The average molecular weight is 232 g/mol. The van der Waals surface area contributed by atoms with E-state index in [4.69, 9.17) is 5.73 Å². The van der Waals surface area contributed by atoms with Gasteiger partial charge in [-0.1, -0.05) is 6.07 Å². The monoisotopic (exact) mass is 232 g/mol. The number of hydrogen-bond donors (Lipinski definition) is 2. The summed E-state index contributed by atoms with van der Waals surface area (Å²) in [5.41, 5.74) is 5.02. The zero-order chi connectivity index (χ0) is 12.4. The van der Waals surface area contributed by atoms with E-state index in [1.54, 1.807) is 19.9 Å². The molecule has 0 aliphatic carbocycles. The van der Waals surface area contributed by atoms with Crippen LogP contribution in [0.5, 0.6) is 0 Å². The Morgan fingerprint density at radius 1 is 1.25 bits per heavy atom. The lowest BCUT2D eigenvalue weighted by Crippen LogP contribution is -2.39. The van der Waals surface area contributed by atoms with Crippen molar-refractivity contribution in [3.63, 3.8) is 0 Å². The van der Waals surface area contributed by atoms with Gasteiger partial charge in [0.25, 0.3) is 0 Å². The van der Waals surface area contributed by atoms with Gasteiger partial charge in [-0.05, 0) is 32.0 Å². The van der Waals surface area contributed by atoms with Crippen LogP contribution in [-0.4, -0.2) is 12.1 Å². The van der Waals surface area contributed by atoms with E-state index in [2.05, 4.69) is 5.32 Å². The Morgan fingerprint density at radius 3 is 2.38 bits per heavy atom. The molecule has 90 valence electrons. The van der Waals surface area contributed by atoms with Crippen LogP contribution in [0.15, 0.2) is 24.3 Å². The molecule has 0 amide bonds. The summed E-state index contributed by atoms with van der Waals surface area (Å²) >= 11 is 0. The van der Waals surface area contributed by atoms with E-state index in [0.29, 0.717) is 12.2 Å². The van der Waals surface area contributed by atoms with E-state index in [0.717, 1.165) is 12.1 Å². The van der Waals surface area contributed by atoms with Crippen LogP contribution in [0.3, 0.4) is 0 Å². The SMILES string of the molecule is CC(C)(N)CNc1cccc(C(F)(F)F)c1. The number of alkyl halides is 3. The third-order valence-corrected chi connectivity index (χ3v) is 1.94. The zero-order valence-electron chi connectivity index (χ0n) is 9.23. The van der Waals surface area contributed by atoms with E-state index in [9.17, 15) is 13.2 Å².